The number of piperidine rings is 1. The zero-order valence-electron chi connectivity index (χ0n) is 13.1. The van der Waals surface area contributed by atoms with E-state index in [2.05, 4.69) is 37.5 Å². The minimum atomic E-state index is 0.667. The number of hydrogen-bond donors (Lipinski definition) is 1. The van der Waals surface area contributed by atoms with Gasteiger partial charge in [0.2, 0.25) is 0 Å². The van der Waals surface area contributed by atoms with Crippen molar-refractivity contribution in [2.45, 2.75) is 25.8 Å². The average Bonchev–Trinajstić information content (AvgIpc) is 2.57. The number of likely N-dealkylation sites (tertiary alicyclic amines) is 1. The Bertz CT molecular complexity index is 569. The highest BCUT2D eigenvalue weighted by molar-refractivity contribution is 5.31. The fourth-order valence-electron chi connectivity index (χ4n) is 3.11. The van der Waals surface area contributed by atoms with Gasteiger partial charge in [0.15, 0.2) is 0 Å². The molecule has 0 unspecified atom stereocenters. The lowest BCUT2D eigenvalue weighted by Crippen LogP contribution is -2.35. The molecule has 3 rings (SSSR count). The zero-order valence-corrected chi connectivity index (χ0v) is 13.1. The molecule has 2 aromatic heterocycles. The summed E-state index contributed by atoms with van der Waals surface area (Å²) in [7, 11) is 1.86. The van der Waals surface area contributed by atoms with Crippen molar-refractivity contribution in [1.29, 1.82) is 0 Å². The summed E-state index contributed by atoms with van der Waals surface area (Å²) in [5.41, 5.74) is 2.38. The molecule has 5 heteroatoms. The predicted molar refractivity (Wildman–Crippen MR) is 87.5 cm³/mol. The second-order valence-corrected chi connectivity index (χ2v) is 5.97. The van der Waals surface area contributed by atoms with Crippen molar-refractivity contribution in [1.82, 2.24) is 20.1 Å². The van der Waals surface area contributed by atoms with Crippen molar-refractivity contribution >= 4 is 5.82 Å². The van der Waals surface area contributed by atoms with Gasteiger partial charge in [0, 0.05) is 32.5 Å². The van der Waals surface area contributed by atoms with Crippen LogP contribution in [0.15, 0.2) is 36.7 Å². The molecule has 3 heterocycles. The lowest BCUT2D eigenvalue weighted by Gasteiger charge is -2.32. The van der Waals surface area contributed by atoms with E-state index in [0.717, 1.165) is 31.0 Å². The van der Waals surface area contributed by atoms with E-state index >= 15 is 0 Å². The first-order chi connectivity index (χ1) is 10.8. The SMILES string of the molecule is CNc1ccc(C[C@H]2CCCN(Cc3cccnc3)C2)nn1. The van der Waals surface area contributed by atoms with Crippen LogP contribution in [0.2, 0.25) is 0 Å². The first-order valence-electron chi connectivity index (χ1n) is 7.95. The van der Waals surface area contributed by atoms with Crippen molar-refractivity contribution in [3.8, 4) is 0 Å². The van der Waals surface area contributed by atoms with Crippen LogP contribution in [-0.4, -0.2) is 40.2 Å². The van der Waals surface area contributed by atoms with Crippen LogP contribution in [0.5, 0.6) is 0 Å². The van der Waals surface area contributed by atoms with Gasteiger partial charge in [-0.05, 0) is 55.5 Å². The summed E-state index contributed by atoms with van der Waals surface area (Å²) in [6.07, 6.45) is 7.34. The molecule has 1 N–H and O–H groups in total. The summed E-state index contributed by atoms with van der Waals surface area (Å²) in [4.78, 5) is 6.73. The zero-order chi connectivity index (χ0) is 15.2. The van der Waals surface area contributed by atoms with Gasteiger partial charge in [-0.1, -0.05) is 6.07 Å². The van der Waals surface area contributed by atoms with Crippen LogP contribution in [0.1, 0.15) is 24.1 Å². The number of hydrogen-bond acceptors (Lipinski definition) is 5. The molecule has 5 nitrogen and oxygen atoms in total. The average molecular weight is 297 g/mol. The molecule has 0 aromatic carbocycles. The molecule has 0 bridgehead atoms. The highest BCUT2D eigenvalue weighted by Gasteiger charge is 2.20. The molecule has 1 atom stereocenters. The van der Waals surface area contributed by atoms with E-state index in [-0.39, 0.29) is 0 Å². The van der Waals surface area contributed by atoms with Crippen molar-refractivity contribution in [3.63, 3.8) is 0 Å². The van der Waals surface area contributed by atoms with E-state index in [1.54, 1.807) is 0 Å². The molecule has 116 valence electrons. The maximum absolute atomic E-state index is 4.31. The van der Waals surface area contributed by atoms with Gasteiger partial charge >= 0.3 is 0 Å². The third-order valence-corrected chi connectivity index (χ3v) is 4.21. The summed E-state index contributed by atoms with van der Waals surface area (Å²) >= 11 is 0. The van der Waals surface area contributed by atoms with Crippen molar-refractivity contribution in [2.75, 3.05) is 25.5 Å². The standard InChI is InChI=1S/C17H23N5/c1-18-17-7-6-16(20-21-17)10-14-5-3-9-22(12-14)13-15-4-2-8-19-11-15/h2,4,6-8,11,14H,3,5,9-10,12-13H2,1H3,(H,18,21)/t14-/m1/s1. The van der Waals surface area contributed by atoms with Gasteiger partial charge in [0.05, 0.1) is 5.69 Å². The molecule has 0 saturated carbocycles. The summed E-state index contributed by atoms with van der Waals surface area (Å²) < 4.78 is 0. The van der Waals surface area contributed by atoms with E-state index in [9.17, 15) is 0 Å². The van der Waals surface area contributed by atoms with E-state index in [0.29, 0.717) is 5.92 Å². The molecule has 1 saturated heterocycles. The second kappa shape index (κ2) is 7.31. The summed E-state index contributed by atoms with van der Waals surface area (Å²) in [5.74, 6) is 1.49. The van der Waals surface area contributed by atoms with Crippen LogP contribution < -0.4 is 5.32 Å². The lowest BCUT2D eigenvalue weighted by atomic mass is 9.93. The third-order valence-electron chi connectivity index (χ3n) is 4.21. The van der Waals surface area contributed by atoms with E-state index < -0.39 is 0 Å². The minimum Gasteiger partial charge on any atom is -0.372 e. The Kier molecular flexibility index (Phi) is 4.96. The number of pyridine rings is 1. The fraction of sp³-hybridized carbons (Fsp3) is 0.471. The molecule has 22 heavy (non-hydrogen) atoms. The van der Waals surface area contributed by atoms with Gasteiger partial charge in [0.25, 0.3) is 0 Å². The fourth-order valence-corrected chi connectivity index (χ4v) is 3.11. The number of nitrogens with one attached hydrogen (secondary N) is 1. The maximum atomic E-state index is 4.31. The molecular formula is C17H23N5. The number of aromatic nitrogens is 3. The van der Waals surface area contributed by atoms with Gasteiger partial charge in [-0.15, -0.1) is 5.10 Å². The molecule has 0 aliphatic carbocycles. The number of anilines is 1. The Morgan fingerprint density at radius 1 is 1.27 bits per heavy atom. The maximum Gasteiger partial charge on any atom is 0.148 e. The van der Waals surface area contributed by atoms with Gasteiger partial charge in [-0.2, -0.15) is 5.10 Å². The molecule has 0 spiro atoms. The summed E-state index contributed by atoms with van der Waals surface area (Å²) in [6, 6.07) is 8.24. The first kappa shape index (κ1) is 14.9. The van der Waals surface area contributed by atoms with Crippen LogP contribution in [0.4, 0.5) is 5.82 Å². The van der Waals surface area contributed by atoms with Crippen LogP contribution in [-0.2, 0) is 13.0 Å². The van der Waals surface area contributed by atoms with Crippen LogP contribution in [0.25, 0.3) is 0 Å². The van der Waals surface area contributed by atoms with E-state index in [4.69, 9.17) is 0 Å². The van der Waals surface area contributed by atoms with E-state index in [1.165, 1.54) is 24.9 Å². The first-order valence-corrected chi connectivity index (χ1v) is 7.95. The Balaban J connectivity index is 1.55. The van der Waals surface area contributed by atoms with Crippen molar-refractivity contribution in [3.05, 3.63) is 47.9 Å². The van der Waals surface area contributed by atoms with Gasteiger partial charge in [0.1, 0.15) is 5.82 Å². The predicted octanol–water partition coefficient (Wildman–Crippen LogP) is 2.37. The van der Waals surface area contributed by atoms with Gasteiger partial charge in [-0.25, -0.2) is 0 Å². The normalized spacial score (nSPS) is 19.0. The molecule has 1 fully saturated rings. The summed E-state index contributed by atoms with van der Waals surface area (Å²) in [5, 5.41) is 11.5. The Labute approximate surface area is 131 Å². The molecule has 1 aliphatic heterocycles. The highest BCUT2D eigenvalue weighted by Crippen LogP contribution is 2.21. The molecule has 2 aromatic rings. The quantitative estimate of drug-likeness (QED) is 0.918. The minimum absolute atomic E-state index is 0.667. The van der Waals surface area contributed by atoms with Crippen molar-refractivity contribution in [2.24, 2.45) is 5.92 Å². The largest absolute Gasteiger partial charge is 0.372 e. The van der Waals surface area contributed by atoms with Crippen LogP contribution in [0, 0.1) is 5.92 Å². The summed E-state index contributed by atoms with van der Waals surface area (Å²) in [6.45, 7) is 3.30. The molecular weight excluding hydrogens is 274 g/mol. The van der Waals surface area contributed by atoms with Crippen LogP contribution in [0.3, 0.4) is 0 Å². The van der Waals surface area contributed by atoms with Crippen LogP contribution >= 0.6 is 0 Å². The molecule has 1 aliphatic rings. The molecule has 0 amide bonds. The Morgan fingerprint density at radius 3 is 2.95 bits per heavy atom. The van der Waals surface area contributed by atoms with Gasteiger partial charge < -0.3 is 5.32 Å². The number of rotatable bonds is 5. The monoisotopic (exact) mass is 297 g/mol. The Morgan fingerprint density at radius 2 is 2.23 bits per heavy atom. The lowest BCUT2D eigenvalue weighted by molar-refractivity contribution is 0.166. The van der Waals surface area contributed by atoms with E-state index in [1.807, 2.05) is 31.6 Å². The highest BCUT2D eigenvalue weighted by atomic mass is 15.2. The van der Waals surface area contributed by atoms with Crippen molar-refractivity contribution < 1.29 is 0 Å². The number of nitrogens with zero attached hydrogens (tertiary/aromatic N) is 4. The molecule has 0 radical (unpaired) electrons. The van der Waals surface area contributed by atoms with Gasteiger partial charge in [-0.3, -0.25) is 9.88 Å². The third kappa shape index (κ3) is 4.01. The Hall–Kier alpha value is -2.01. The topological polar surface area (TPSA) is 53.9 Å². The second-order valence-electron chi connectivity index (χ2n) is 5.97. The smallest absolute Gasteiger partial charge is 0.148 e.